The van der Waals surface area contributed by atoms with Gasteiger partial charge in [0.05, 0.1) is 17.5 Å². The van der Waals surface area contributed by atoms with Crippen LogP contribution in [0.25, 0.3) is 6.08 Å². The second kappa shape index (κ2) is 17.2. The number of hydrogen-bond donors (Lipinski definition) is 2. The van der Waals surface area contributed by atoms with Crippen molar-refractivity contribution in [1.29, 1.82) is 0 Å². The number of methoxy groups -OCH3 is 1. The van der Waals surface area contributed by atoms with E-state index in [1.165, 1.54) is 13.2 Å². The van der Waals surface area contributed by atoms with Crippen LogP contribution in [0.3, 0.4) is 0 Å². The normalized spacial score (nSPS) is 22.6. The number of cyclic esters (lactones) is 2. The zero-order chi connectivity index (χ0) is 34.7. The molecular weight excluding hydrogens is 620 g/mol. The topological polar surface area (TPSA) is 120 Å². The van der Waals surface area contributed by atoms with Crippen LogP contribution in [0.1, 0.15) is 64.2 Å². The van der Waals surface area contributed by atoms with Crippen LogP contribution in [-0.4, -0.2) is 55.7 Å². The molecule has 1 aliphatic rings. The van der Waals surface area contributed by atoms with Gasteiger partial charge in [0.2, 0.25) is 11.8 Å². The summed E-state index contributed by atoms with van der Waals surface area (Å²) in [6.45, 7) is 10.9. The molecule has 4 atom stereocenters. The second-order valence-electron chi connectivity index (χ2n) is 13.0. The Bertz CT molecular complexity index is 1480. The summed E-state index contributed by atoms with van der Waals surface area (Å²) in [5.41, 5.74) is 1.64. The summed E-state index contributed by atoms with van der Waals surface area (Å²) >= 11 is 6.32. The Kier molecular flexibility index (Phi) is 13.6. The Labute approximate surface area is 283 Å². The number of nitrogens with one attached hydrogen (secondary N) is 2. The van der Waals surface area contributed by atoms with E-state index >= 15 is 0 Å². The van der Waals surface area contributed by atoms with E-state index in [1.807, 2.05) is 64.1 Å². The standard InChI is InChI=1S/C37H47ClN2O7/c1-23(2)19-32-35(43)46-30(25(4)15-17-27-12-9-8-11-24(27)3)13-10-14-33(41)40-29(21-26-16-18-31(45-7)28(38)20-26)34(42)39-22-37(5,6)36(44)47-32/h8-12,14-18,20,23,25,29-30,32H,13,19,21-22H2,1-7H3,(H,39,42)(H,40,41)/b14-10+,17-15+/t25-,29-,30+,32+/m1/s1. The van der Waals surface area contributed by atoms with Gasteiger partial charge >= 0.3 is 11.9 Å². The van der Waals surface area contributed by atoms with Crippen LogP contribution >= 0.6 is 11.6 Å². The average molecular weight is 667 g/mol. The van der Waals surface area contributed by atoms with Crippen LogP contribution in [-0.2, 0) is 35.1 Å². The highest BCUT2D eigenvalue weighted by Gasteiger charge is 2.37. The van der Waals surface area contributed by atoms with Crippen molar-refractivity contribution < 1.29 is 33.4 Å². The molecule has 2 aromatic carbocycles. The third kappa shape index (κ3) is 11.3. The van der Waals surface area contributed by atoms with Gasteiger partial charge in [-0.2, -0.15) is 0 Å². The summed E-state index contributed by atoms with van der Waals surface area (Å²) in [4.78, 5) is 53.5. The maximum atomic E-state index is 13.5. The molecule has 2 aromatic rings. The van der Waals surface area contributed by atoms with Crippen molar-refractivity contribution in [3.63, 3.8) is 0 Å². The molecule has 0 bridgehead atoms. The molecule has 3 rings (SSSR count). The van der Waals surface area contributed by atoms with Gasteiger partial charge in [-0.1, -0.05) is 80.9 Å². The molecule has 0 aliphatic carbocycles. The first-order valence-corrected chi connectivity index (χ1v) is 16.3. The number of aryl methyl sites for hydroxylation is 1. The number of halogens is 1. The van der Waals surface area contributed by atoms with Gasteiger partial charge in [0.15, 0.2) is 6.10 Å². The zero-order valence-electron chi connectivity index (χ0n) is 28.3. The number of amides is 2. The van der Waals surface area contributed by atoms with Crippen LogP contribution < -0.4 is 15.4 Å². The highest BCUT2D eigenvalue weighted by molar-refractivity contribution is 6.32. The fourth-order valence-electron chi connectivity index (χ4n) is 4.97. The van der Waals surface area contributed by atoms with E-state index in [1.54, 1.807) is 38.1 Å². The molecule has 0 radical (unpaired) electrons. The highest BCUT2D eigenvalue weighted by atomic mass is 35.5. The number of hydrogen-bond acceptors (Lipinski definition) is 7. The fourth-order valence-corrected chi connectivity index (χ4v) is 5.25. The van der Waals surface area contributed by atoms with Crippen LogP contribution in [0.5, 0.6) is 5.75 Å². The Balaban J connectivity index is 1.95. The van der Waals surface area contributed by atoms with Crippen molar-refractivity contribution in [2.45, 2.75) is 79.1 Å². The number of carbonyl (C=O) groups excluding carboxylic acids is 4. The molecule has 10 heteroatoms. The lowest BCUT2D eigenvalue weighted by molar-refractivity contribution is -0.178. The van der Waals surface area contributed by atoms with Gasteiger partial charge in [-0.05, 0) is 68.0 Å². The first kappa shape index (κ1) is 37.3. The van der Waals surface area contributed by atoms with E-state index < -0.39 is 47.4 Å². The molecule has 9 nitrogen and oxygen atoms in total. The summed E-state index contributed by atoms with van der Waals surface area (Å²) in [5.74, 6) is -2.04. The summed E-state index contributed by atoms with van der Waals surface area (Å²) in [5, 5.41) is 5.91. The van der Waals surface area contributed by atoms with Crippen molar-refractivity contribution in [2.75, 3.05) is 13.7 Å². The first-order valence-electron chi connectivity index (χ1n) is 15.9. The summed E-state index contributed by atoms with van der Waals surface area (Å²) < 4.78 is 17.0. The number of benzene rings is 2. The molecular formula is C37H47ClN2O7. The van der Waals surface area contributed by atoms with E-state index in [4.69, 9.17) is 25.8 Å². The van der Waals surface area contributed by atoms with Crippen molar-refractivity contribution in [1.82, 2.24) is 10.6 Å². The van der Waals surface area contributed by atoms with Crippen LogP contribution in [0, 0.1) is 24.2 Å². The molecule has 0 saturated carbocycles. The highest BCUT2D eigenvalue weighted by Crippen LogP contribution is 2.26. The van der Waals surface area contributed by atoms with Gasteiger partial charge in [0, 0.05) is 25.3 Å². The van der Waals surface area contributed by atoms with Gasteiger partial charge in [-0.15, -0.1) is 0 Å². The van der Waals surface area contributed by atoms with Gasteiger partial charge in [-0.25, -0.2) is 4.79 Å². The molecule has 47 heavy (non-hydrogen) atoms. The lowest BCUT2D eigenvalue weighted by Gasteiger charge is -2.29. The predicted molar refractivity (Wildman–Crippen MR) is 183 cm³/mol. The second-order valence-corrected chi connectivity index (χ2v) is 13.5. The third-order valence-electron chi connectivity index (χ3n) is 8.00. The number of rotatable bonds is 8. The molecule has 1 aliphatic heterocycles. The van der Waals surface area contributed by atoms with E-state index in [0.717, 1.165) is 11.1 Å². The number of carbonyl (C=O) groups is 4. The van der Waals surface area contributed by atoms with Crippen LogP contribution in [0.4, 0.5) is 0 Å². The maximum Gasteiger partial charge on any atom is 0.347 e. The fraction of sp³-hybridized carbons (Fsp3) is 0.459. The van der Waals surface area contributed by atoms with E-state index in [0.29, 0.717) is 16.3 Å². The molecule has 1 heterocycles. The Morgan fingerprint density at radius 1 is 1.06 bits per heavy atom. The SMILES string of the molecule is COc1ccc(C[C@H]2NC(=O)/C=C/C[C@@H]([C@H](C)/C=C/c3ccccc3C)OC(=O)[C@H](CC(C)C)OC(=O)C(C)(C)CNC2=O)cc1Cl. The molecule has 0 spiro atoms. The minimum Gasteiger partial charge on any atom is -0.495 e. The Morgan fingerprint density at radius 3 is 2.45 bits per heavy atom. The summed E-state index contributed by atoms with van der Waals surface area (Å²) in [7, 11) is 1.51. The maximum absolute atomic E-state index is 13.5. The summed E-state index contributed by atoms with van der Waals surface area (Å²) in [6.07, 6.45) is 5.68. The van der Waals surface area contributed by atoms with E-state index in [-0.39, 0.29) is 37.6 Å². The van der Waals surface area contributed by atoms with Gasteiger partial charge in [0.25, 0.3) is 0 Å². The van der Waals surface area contributed by atoms with Crippen molar-refractivity contribution in [3.05, 3.63) is 82.4 Å². The van der Waals surface area contributed by atoms with Gasteiger partial charge in [0.1, 0.15) is 17.9 Å². The molecule has 0 aromatic heterocycles. The molecule has 2 N–H and O–H groups in total. The van der Waals surface area contributed by atoms with E-state index in [9.17, 15) is 19.2 Å². The van der Waals surface area contributed by atoms with Crippen LogP contribution in [0.2, 0.25) is 5.02 Å². The average Bonchev–Trinajstić information content (AvgIpc) is 3.01. The number of ether oxygens (including phenoxy) is 3. The molecule has 2 amide bonds. The lowest BCUT2D eigenvalue weighted by atomic mass is 9.93. The third-order valence-corrected chi connectivity index (χ3v) is 8.30. The number of esters is 2. The quantitative estimate of drug-likeness (QED) is 0.331. The van der Waals surface area contributed by atoms with Crippen molar-refractivity contribution in [3.8, 4) is 5.75 Å². The minimum absolute atomic E-state index is 0.0291. The molecule has 0 fully saturated rings. The minimum atomic E-state index is -1.19. The lowest BCUT2D eigenvalue weighted by Crippen LogP contribution is -2.51. The van der Waals surface area contributed by atoms with Crippen molar-refractivity contribution >= 4 is 41.4 Å². The molecule has 254 valence electrons. The van der Waals surface area contributed by atoms with E-state index in [2.05, 4.69) is 10.6 Å². The zero-order valence-corrected chi connectivity index (χ0v) is 29.1. The van der Waals surface area contributed by atoms with Gasteiger partial charge in [-0.3, -0.25) is 14.4 Å². The monoisotopic (exact) mass is 666 g/mol. The summed E-state index contributed by atoms with van der Waals surface area (Å²) in [6, 6.07) is 12.1. The first-order chi connectivity index (χ1) is 22.2. The molecule has 0 saturated heterocycles. The van der Waals surface area contributed by atoms with Gasteiger partial charge < -0.3 is 24.8 Å². The smallest absolute Gasteiger partial charge is 0.347 e. The Morgan fingerprint density at radius 2 is 1.79 bits per heavy atom. The Hall–Kier alpha value is -4.11. The van der Waals surface area contributed by atoms with Crippen LogP contribution in [0.15, 0.2) is 60.7 Å². The largest absolute Gasteiger partial charge is 0.495 e. The van der Waals surface area contributed by atoms with Crippen molar-refractivity contribution in [2.24, 2.45) is 17.3 Å². The molecule has 0 unspecified atom stereocenters. The predicted octanol–water partition coefficient (Wildman–Crippen LogP) is 6.01.